The van der Waals surface area contributed by atoms with E-state index in [-0.39, 0.29) is 35.9 Å². The number of guanidine groups is 1. The first kappa shape index (κ1) is 25.9. The Kier molecular flexibility index (Phi) is 11.5. The summed E-state index contributed by atoms with van der Waals surface area (Å²) >= 11 is 0. The lowest BCUT2D eigenvalue weighted by Gasteiger charge is -2.24. The number of halogens is 1. The van der Waals surface area contributed by atoms with Crippen LogP contribution in [0.1, 0.15) is 48.2 Å². The van der Waals surface area contributed by atoms with E-state index in [1.54, 1.807) is 19.0 Å². The Bertz CT molecular complexity index is 808. The van der Waals surface area contributed by atoms with E-state index in [1.165, 1.54) is 5.56 Å². The molecule has 30 heavy (non-hydrogen) atoms. The van der Waals surface area contributed by atoms with Crippen LogP contribution < -0.4 is 10.6 Å². The number of hydrogen-bond acceptors (Lipinski definition) is 2. The van der Waals surface area contributed by atoms with Gasteiger partial charge in [-0.15, -0.1) is 24.0 Å². The molecular formula is C24H35IN4O. The summed E-state index contributed by atoms with van der Waals surface area (Å²) in [4.78, 5) is 18.5. The van der Waals surface area contributed by atoms with E-state index >= 15 is 0 Å². The Labute approximate surface area is 198 Å². The Balaban J connectivity index is 0.00000450. The molecule has 0 aliphatic heterocycles. The summed E-state index contributed by atoms with van der Waals surface area (Å²) in [6.07, 6.45) is 0.785. The number of nitrogens with zero attached hydrogens (tertiary/aromatic N) is 2. The van der Waals surface area contributed by atoms with Gasteiger partial charge in [-0.25, -0.2) is 0 Å². The number of amides is 1. The van der Waals surface area contributed by atoms with Gasteiger partial charge in [0.25, 0.3) is 5.91 Å². The van der Waals surface area contributed by atoms with Crippen LogP contribution in [-0.2, 0) is 6.42 Å². The average molecular weight is 522 g/mol. The SMILES string of the molecule is CCNC(=NCCc1cccc(C(=O)N(C)C)c1)NC(C)C(C)c1ccccc1.I. The maximum absolute atomic E-state index is 12.1. The van der Waals surface area contributed by atoms with Gasteiger partial charge in [-0.05, 0) is 43.5 Å². The van der Waals surface area contributed by atoms with E-state index in [0.29, 0.717) is 18.0 Å². The van der Waals surface area contributed by atoms with Crippen LogP contribution in [0.25, 0.3) is 0 Å². The van der Waals surface area contributed by atoms with Gasteiger partial charge in [0.15, 0.2) is 5.96 Å². The van der Waals surface area contributed by atoms with Crippen molar-refractivity contribution in [2.75, 3.05) is 27.2 Å². The molecule has 5 nitrogen and oxygen atoms in total. The van der Waals surface area contributed by atoms with Crippen LogP contribution in [0.2, 0.25) is 0 Å². The molecule has 2 aromatic rings. The number of rotatable bonds is 8. The van der Waals surface area contributed by atoms with Gasteiger partial charge in [0.05, 0.1) is 0 Å². The summed E-state index contributed by atoms with van der Waals surface area (Å²) in [5.41, 5.74) is 3.14. The minimum atomic E-state index is 0. The maximum Gasteiger partial charge on any atom is 0.253 e. The van der Waals surface area contributed by atoms with E-state index in [9.17, 15) is 4.79 Å². The minimum absolute atomic E-state index is 0. The molecular weight excluding hydrogens is 487 g/mol. The summed E-state index contributed by atoms with van der Waals surface area (Å²) in [5, 5.41) is 6.85. The van der Waals surface area contributed by atoms with Crippen LogP contribution in [0, 0.1) is 0 Å². The normalized spacial score (nSPS) is 13.0. The fourth-order valence-corrected chi connectivity index (χ4v) is 3.12. The van der Waals surface area contributed by atoms with E-state index in [4.69, 9.17) is 4.99 Å². The van der Waals surface area contributed by atoms with Gasteiger partial charge in [0.2, 0.25) is 0 Å². The van der Waals surface area contributed by atoms with Crippen molar-refractivity contribution in [2.45, 2.75) is 39.2 Å². The highest BCUT2D eigenvalue weighted by atomic mass is 127. The van der Waals surface area contributed by atoms with Crippen molar-refractivity contribution < 1.29 is 4.79 Å². The topological polar surface area (TPSA) is 56.7 Å². The second-order valence-corrected chi connectivity index (χ2v) is 7.54. The van der Waals surface area contributed by atoms with E-state index in [0.717, 1.165) is 24.5 Å². The molecule has 0 radical (unpaired) electrons. The minimum Gasteiger partial charge on any atom is -0.357 e. The molecule has 2 N–H and O–H groups in total. The van der Waals surface area contributed by atoms with Crippen molar-refractivity contribution in [3.63, 3.8) is 0 Å². The van der Waals surface area contributed by atoms with Gasteiger partial charge in [-0.3, -0.25) is 9.79 Å². The molecule has 0 aliphatic rings. The zero-order valence-corrected chi connectivity index (χ0v) is 21.0. The third kappa shape index (κ3) is 7.97. The second kappa shape index (κ2) is 13.3. The highest BCUT2D eigenvalue weighted by molar-refractivity contribution is 14.0. The van der Waals surface area contributed by atoms with Crippen LogP contribution in [0.3, 0.4) is 0 Å². The van der Waals surface area contributed by atoms with Crippen LogP contribution in [0.15, 0.2) is 59.6 Å². The summed E-state index contributed by atoms with van der Waals surface area (Å²) < 4.78 is 0. The lowest BCUT2D eigenvalue weighted by Crippen LogP contribution is -2.44. The van der Waals surface area contributed by atoms with E-state index in [1.807, 2.05) is 30.3 Å². The van der Waals surface area contributed by atoms with Crippen molar-refractivity contribution in [3.8, 4) is 0 Å². The molecule has 2 rings (SSSR count). The average Bonchev–Trinajstić information content (AvgIpc) is 2.73. The van der Waals surface area contributed by atoms with Crippen LogP contribution in [-0.4, -0.2) is 50.0 Å². The van der Waals surface area contributed by atoms with Gasteiger partial charge >= 0.3 is 0 Å². The standard InChI is InChI=1S/C24H34N4O.HI/c1-6-25-24(27-19(3)18(2)21-12-8-7-9-13-21)26-16-15-20-11-10-14-22(17-20)23(29)28(4)5;/h7-14,17-19H,6,15-16H2,1-5H3,(H2,25,26,27);1H. The van der Waals surface area contributed by atoms with Gasteiger partial charge in [-0.1, -0.05) is 49.4 Å². The second-order valence-electron chi connectivity index (χ2n) is 7.54. The molecule has 6 heteroatoms. The first-order valence-corrected chi connectivity index (χ1v) is 10.3. The highest BCUT2D eigenvalue weighted by Crippen LogP contribution is 2.18. The Morgan fingerprint density at radius 1 is 1.07 bits per heavy atom. The zero-order valence-electron chi connectivity index (χ0n) is 18.7. The fourth-order valence-electron chi connectivity index (χ4n) is 3.12. The monoisotopic (exact) mass is 522 g/mol. The van der Waals surface area contributed by atoms with Crippen molar-refractivity contribution in [1.29, 1.82) is 0 Å². The number of benzene rings is 2. The Hall–Kier alpha value is -2.09. The summed E-state index contributed by atoms with van der Waals surface area (Å²) in [7, 11) is 3.54. The predicted molar refractivity (Wildman–Crippen MR) is 137 cm³/mol. The largest absolute Gasteiger partial charge is 0.357 e. The Morgan fingerprint density at radius 2 is 1.77 bits per heavy atom. The summed E-state index contributed by atoms with van der Waals surface area (Å²) in [5.74, 6) is 1.21. The molecule has 0 bridgehead atoms. The molecule has 2 aromatic carbocycles. The van der Waals surface area contributed by atoms with Crippen molar-refractivity contribution in [2.24, 2.45) is 4.99 Å². The quantitative estimate of drug-likeness (QED) is 0.309. The van der Waals surface area contributed by atoms with E-state index < -0.39 is 0 Å². The molecule has 0 aromatic heterocycles. The molecule has 0 saturated carbocycles. The van der Waals surface area contributed by atoms with Crippen LogP contribution in [0.5, 0.6) is 0 Å². The van der Waals surface area contributed by atoms with Crippen LogP contribution in [0.4, 0.5) is 0 Å². The highest BCUT2D eigenvalue weighted by Gasteiger charge is 2.15. The third-order valence-electron chi connectivity index (χ3n) is 5.03. The fraction of sp³-hybridized carbons (Fsp3) is 0.417. The first-order chi connectivity index (χ1) is 13.9. The van der Waals surface area contributed by atoms with Gasteiger partial charge in [-0.2, -0.15) is 0 Å². The molecule has 2 atom stereocenters. The number of aliphatic imine (C=N–C) groups is 1. The summed E-state index contributed by atoms with van der Waals surface area (Å²) in [6.45, 7) is 7.94. The molecule has 0 spiro atoms. The van der Waals surface area contributed by atoms with Gasteiger partial charge in [0, 0.05) is 44.7 Å². The first-order valence-electron chi connectivity index (χ1n) is 10.3. The molecule has 0 aliphatic carbocycles. The van der Waals surface area contributed by atoms with E-state index in [2.05, 4.69) is 55.7 Å². The molecule has 0 heterocycles. The third-order valence-corrected chi connectivity index (χ3v) is 5.03. The van der Waals surface area contributed by atoms with Crippen LogP contribution >= 0.6 is 24.0 Å². The lowest BCUT2D eigenvalue weighted by atomic mass is 9.94. The molecule has 164 valence electrons. The van der Waals surface area contributed by atoms with Gasteiger partial charge in [0.1, 0.15) is 0 Å². The zero-order chi connectivity index (χ0) is 21.2. The van der Waals surface area contributed by atoms with Crippen molar-refractivity contribution in [3.05, 3.63) is 71.3 Å². The molecule has 0 fully saturated rings. The molecule has 0 saturated heterocycles. The number of nitrogens with one attached hydrogen (secondary N) is 2. The summed E-state index contributed by atoms with van der Waals surface area (Å²) in [6, 6.07) is 18.6. The molecule has 1 amide bonds. The maximum atomic E-state index is 12.1. The van der Waals surface area contributed by atoms with Crippen molar-refractivity contribution >= 4 is 35.8 Å². The smallest absolute Gasteiger partial charge is 0.253 e. The number of hydrogen-bond donors (Lipinski definition) is 2. The van der Waals surface area contributed by atoms with Crippen molar-refractivity contribution in [1.82, 2.24) is 15.5 Å². The molecule has 2 unspecified atom stereocenters. The number of carbonyl (C=O) groups is 1. The Morgan fingerprint density at radius 3 is 2.40 bits per heavy atom. The predicted octanol–water partition coefficient (Wildman–Crippen LogP) is 4.30. The van der Waals surface area contributed by atoms with Gasteiger partial charge < -0.3 is 15.5 Å². The lowest BCUT2D eigenvalue weighted by molar-refractivity contribution is 0.0827. The number of carbonyl (C=O) groups excluding carboxylic acids is 1.